The summed E-state index contributed by atoms with van der Waals surface area (Å²) in [4.78, 5) is 85.5. The van der Waals surface area contributed by atoms with Gasteiger partial charge in [-0.15, -0.1) is 0 Å². The Morgan fingerprint density at radius 1 is 0.904 bits per heavy atom. The Kier molecular flexibility index (Phi) is 15.9. The summed E-state index contributed by atoms with van der Waals surface area (Å²) in [6.07, 6.45) is 1.66. The van der Waals surface area contributed by atoms with E-state index < -0.39 is 48.1 Å². The zero-order chi connectivity index (χ0) is 38.7. The van der Waals surface area contributed by atoms with Crippen molar-refractivity contribution in [1.29, 1.82) is 0 Å². The molecule has 7 atom stereocenters. The molecule has 0 unspecified atom stereocenters. The number of ether oxygens (including phenoxy) is 2. The third-order valence-corrected chi connectivity index (χ3v) is 10.2. The first-order chi connectivity index (χ1) is 24.6. The molecule has 13 nitrogen and oxygen atoms in total. The van der Waals surface area contributed by atoms with Crippen molar-refractivity contribution in [3.63, 3.8) is 0 Å². The van der Waals surface area contributed by atoms with Crippen LogP contribution in [0.25, 0.3) is 0 Å². The van der Waals surface area contributed by atoms with Crippen molar-refractivity contribution in [2.24, 2.45) is 17.8 Å². The van der Waals surface area contributed by atoms with E-state index in [0.717, 1.165) is 12.0 Å². The molecule has 290 valence electrons. The molecule has 2 aliphatic rings. The number of nitrogens with one attached hydrogen (secondary N) is 3. The van der Waals surface area contributed by atoms with Crippen LogP contribution >= 0.6 is 0 Å². The van der Waals surface area contributed by atoms with Crippen LogP contribution in [0, 0.1) is 17.8 Å². The first-order valence-corrected chi connectivity index (χ1v) is 18.9. The van der Waals surface area contributed by atoms with Gasteiger partial charge in [-0.05, 0) is 68.1 Å². The molecule has 3 rings (SSSR count). The summed E-state index contributed by atoms with van der Waals surface area (Å²) in [7, 11) is 3.09. The number of nitrogens with zero attached hydrogens (tertiary/aromatic N) is 2. The lowest BCUT2D eigenvalue weighted by molar-refractivity contribution is -0.160. The predicted octanol–water partition coefficient (Wildman–Crippen LogP) is 3.37. The fraction of sp³-hybridized carbons (Fsp3) is 0.692. The topological polar surface area (TPSA) is 163 Å². The summed E-state index contributed by atoms with van der Waals surface area (Å²) >= 11 is 0. The largest absolute Gasteiger partial charge is 0.497 e. The van der Waals surface area contributed by atoms with Crippen molar-refractivity contribution in [2.75, 3.05) is 20.7 Å². The number of hydrogen-bond donors (Lipinski definition) is 3. The predicted molar refractivity (Wildman–Crippen MR) is 197 cm³/mol. The highest BCUT2D eigenvalue weighted by Crippen LogP contribution is 2.25. The summed E-state index contributed by atoms with van der Waals surface area (Å²) in [5.74, 6) is -2.17. The lowest BCUT2D eigenvalue weighted by atomic mass is 9.94. The smallest absolute Gasteiger partial charge is 0.329 e. The van der Waals surface area contributed by atoms with E-state index in [2.05, 4.69) is 16.0 Å². The number of likely N-dealkylation sites (N-methyl/N-ethyl adjacent to an activating group) is 1. The normalized spacial score (nSPS) is 27.0. The zero-order valence-electron chi connectivity index (χ0n) is 32.5. The van der Waals surface area contributed by atoms with Crippen molar-refractivity contribution in [1.82, 2.24) is 25.8 Å². The number of benzene rings is 1. The van der Waals surface area contributed by atoms with E-state index >= 15 is 0 Å². The van der Waals surface area contributed by atoms with Gasteiger partial charge in [-0.1, -0.05) is 60.1 Å². The average Bonchev–Trinajstić information content (AvgIpc) is 3.59. The lowest BCUT2D eigenvalue weighted by Gasteiger charge is -2.34. The maximum Gasteiger partial charge on any atom is 0.329 e. The van der Waals surface area contributed by atoms with Crippen LogP contribution < -0.4 is 20.7 Å². The quantitative estimate of drug-likeness (QED) is 0.344. The van der Waals surface area contributed by atoms with Crippen molar-refractivity contribution in [3.05, 3.63) is 29.8 Å². The Bertz CT molecular complexity index is 1400. The van der Waals surface area contributed by atoms with E-state index in [-0.39, 0.29) is 60.8 Å². The SMILES string of the molecule is CC[C@H](C)[C@@H]1CCC(=O)N[C@@H](C(C)C)C(=O)N[C@@H](CC(C)C)C(=O)N2CCC[C@H]2C(=O)N(C)[C@@H](Cc2ccc(OC)cc2)C(=O)O[C@H](C)CC(=O)N1. The molecule has 2 fully saturated rings. The number of carbonyl (C=O) groups is 6. The fourth-order valence-electron chi connectivity index (χ4n) is 6.89. The number of methoxy groups -OCH3 is 1. The van der Waals surface area contributed by atoms with Crippen molar-refractivity contribution in [3.8, 4) is 5.75 Å². The van der Waals surface area contributed by atoms with Crippen LogP contribution in [0.5, 0.6) is 5.75 Å². The summed E-state index contributed by atoms with van der Waals surface area (Å²) in [5, 5.41) is 8.81. The van der Waals surface area contributed by atoms with Gasteiger partial charge in [-0.25, -0.2) is 4.79 Å². The molecule has 13 heteroatoms. The highest BCUT2D eigenvalue weighted by Gasteiger charge is 2.42. The minimum atomic E-state index is -1.05. The van der Waals surface area contributed by atoms with Gasteiger partial charge in [0.2, 0.25) is 29.5 Å². The summed E-state index contributed by atoms with van der Waals surface area (Å²) < 4.78 is 11.1. The molecular weight excluding hydrogens is 666 g/mol. The van der Waals surface area contributed by atoms with Crippen molar-refractivity contribution < 1.29 is 38.2 Å². The molecule has 0 aliphatic carbocycles. The third-order valence-electron chi connectivity index (χ3n) is 10.2. The van der Waals surface area contributed by atoms with Gasteiger partial charge in [-0.3, -0.25) is 24.0 Å². The van der Waals surface area contributed by atoms with E-state index in [9.17, 15) is 28.8 Å². The van der Waals surface area contributed by atoms with Crippen LogP contribution in [0.3, 0.4) is 0 Å². The minimum absolute atomic E-state index is 0.0357. The van der Waals surface area contributed by atoms with E-state index in [1.807, 2.05) is 53.7 Å². The van der Waals surface area contributed by atoms with E-state index in [1.54, 1.807) is 26.2 Å². The van der Waals surface area contributed by atoms with Gasteiger partial charge in [0.25, 0.3) is 0 Å². The van der Waals surface area contributed by atoms with Crippen molar-refractivity contribution >= 4 is 35.5 Å². The van der Waals surface area contributed by atoms with Gasteiger partial charge in [0, 0.05) is 32.5 Å². The third kappa shape index (κ3) is 11.7. The Morgan fingerprint density at radius 2 is 1.58 bits per heavy atom. The molecule has 0 spiro atoms. The molecule has 52 heavy (non-hydrogen) atoms. The number of carbonyl (C=O) groups excluding carboxylic acids is 6. The molecule has 0 bridgehead atoms. The van der Waals surface area contributed by atoms with Gasteiger partial charge < -0.3 is 35.2 Å². The number of rotatable bonds is 8. The van der Waals surface area contributed by atoms with Gasteiger partial charge in [0.05, 0.1) is 13.5 Å². The summed E-state index contributed by atoms with van der Waals surface area (Å²) in [6, 6.07) is 3.09. The second kappa shape index (κ2) is 19.6. The Labute approximate surface area is 309 Å². The summed E-state index contributed by atoms with van der Waals surface area (Å²) in [5.41, 5.74) is 0.761. The number of hydrogen-bond acceptors (Lipinski definition) is 8. The van der Waals surface area contributed by atoms with Crippen LogP contribution in [-0.2, 0) is 39.9 Å². The molecule has 1 aromatic carbocycles. The number of fused-ring (bicyclic) bond motifs is 1. The molecule has 2 saturated heterocycles. The zero-order valence-corrected chi connectivity index (χ0v) is 32.5. The van der Waals surface area contributed by atoms with Gasteiger partial charge >= 0.3 is 5.97 Å². The Morgan fingerprint density at radius 3 is 2.17 bits per heavy atom. The number of esters is 1. The number of amides is 5. The van der Waals surface area contributed by atoms with Crippen LogP contribution in [0.4, 0.5) is 0 Å². The van der Waals surface area contributed by atoms with Gasteiger partial charge in [0.1, 0.15) is 36.0 Å². The maximum absolute atomic E-state index is 14.3. The summed E-state index contributed by atoms with van der Waals surface area (Å²) in [6.45, 7) is 13.5. The molecule has 5 amide bonds. The molecule has 0 aromatic heterocycles. The molecular formula is C39H61N5O8. The minimum Gasteiger partial charge on any atom is -0.497 e. The standard InChI is InChI=1S/C39H61N5O8/c1-10-25(6)29-17-18-33(45)42-35(24(4)5)36(47)41-30(20-23(2)3)37(48)44-19-11-12-31(44)38(49)43(8)32(22-27-13-15-28(51-9)16-14-27)39(50)52-26(7)21-34(46)40-29/h13-16,23-26,29-32,35H,10-12,17-22H2,1-9H3,(H,40,46)(H,41,47)(H,42,45)/t25-,26+,29-,30-,31-,32-,35-/m0/s1. The second-order valence-corrected chi connectivity index (χ2v) is 15.2. The molecule has 2 aliphatic heterocycles. The highest BCUT2D eigenvalue weighted by molar-refractivity contribution is 5.95. The van der Waals surface area contributed by atoms with Gasteiger partial charge in [0.15, 0.2) is 0 Å². The first kappa shape index (κ1) is 42.3. The van der Waals surface area contributed by atoms with Crippen LogP contribution in [-0.4, -0.2) is 102 Å². The van der Waals surface area contributed by atoms with E-state index in [1.165, 1.54) is 16.8 Å². The number of cyclic esters (lactones) is 1. The molecule has 0 radical (unpaired) electrons. The van der Waals surface area contributed by atoms with Crippen LogP contribution in [0.2, 0.25) is 0 Å². The molecule has 0 saturated carbocycles. The van der Waals surface area contributed by atoms with Gasteiger partial charge in [-0.2, -0.15) is 0 Å². The lowest BCUT2D eigenvalue weighted by Crippen LogP contribution is -2.58. The van der Waals surface area contributed by atoms with Crippen LogP contribution in [0.15, 0.2) is 24.3 Å². The molecule has 1 aromatic rings. The second-order valence-electron chi connectivity index (χ2n) is 15.2. The van der Waals surface area contributed by atoms with Crippen LogP contribution in [0.1, 0.15) is 99.0 Å². The Hall–Kier alpha value is -4.16. The first-order valence-electron chi connectivity index (χ1n) is 18.9. The van der Waals surface area contributed by atoms with Crippen molar-refractivity contribution in [2.45, 2.75) is 136 Å². The van der Waals surface area contributed by atoms with E-state index in [0.29, 0.717) is 38.0 Å². The average molecular weight is 728 g/mol. The maximum atomic E-state index is 14.3. The molecule has 2 heterocycles. The monoisotopic (exact) mass is 727 g/mol. The Balaban J connectivity index is 2.03. The fourth-order valence-corrected chi connectivity index (χ4v) is 6.89. The molecule has 3 N–H and O–H groups in total. The highest BCUT2D eigenvalue weighted by atomic mass is 16.5. The van der Waals surface area contributed by atoms with E-state index in [4.69, 9.17) is 9.47 Å².